The summed E-state index contributed by atoms with van der Waals surface area (Å²) in [6.45, 7) is 6.80. The van der Waals surface area contributed by atoms with Crippen LogP contribution in [-0.4, -0.2) is 14.3 Å². The zero-order valence-corrected chi connectivity index (χ0v) is 11.5. The van der Waals surface area contributed by atoms with Gasteiger partial charge in [-0.15, -0.1) is 0 Å². The third kappa shape index (κ3) is 3.13. The van der Waals surface area contributed by atoms with Crippen molar-refractivity contribution in [2.45, 2.75) is 32.7 Å². The zero-order chi connectivity index (χ0) is 12.5. The van der Waals surface area contributed by atoms with E-state index in [4.69, 9.17) is 0 Å². The van der Waals surface area contributed by atoms with Crippen LogP contribution in [-0.2, 0) is 12.0 Å². The Morgan fingerprint density at radius 2 is 2.24 bits per heavy atom. The van der Waals surface area contributed by atoms with Gasteiger partial charge >= 0.3 is 4.87 Å². The summed E-state index contributed by atoms with van der Waals surface area (Å²) in [7, 11) is 0. The van der Waals surface area contributed by atoms with E-state index in [0.29, 0.717) is 6.54 Å². The van der Waals surface area contributed by atoms with Crippen molar-refractivity contribution in [3.05, 3.63) is 26.6 Å². The van der Waals surface area contributed by atoms with E-state index in [-0.39, 0.29) is 10.3 Å². The van der Waals surface area contributed by atoms with Crippen LogP contribution in [0.5, 0.6) is 0 Å². The molecule has 0 aliphatic carbocycles. The molecular weight excluding hydrogens is 256 g/mol. The maximum absolute atomic E-state index is 10.9. The molecule has 0 fully saturated rings. The highest BCUT2D eigenvalue weighted by molar-refractivity contribution is 7.09. The predicted octanol–water partition coefficient (Wildman–Crippen LogP) is 2.20. The smallest absolute Gasteiger partial charge is 0.304 e. The van der Waals surface area contributed by atoms with E-state index < -0.39 is 0 Å². The van der Waals surface area contributed by atoms with Gasteiger partial charge in [0.1, 0.15) is 5.82 Å². The van der Waals surface area contributed by atoms with Gasteiger partial charge in [0, 0.05) is 28.0 Å². The van der Waals surface area contributed by atoms with E-state index in [1.165, 1.54) is 22.9 Å². The Morgan fingerprint density at radius 1 is 1.47 bits per heavy atom. The highest BCUT2D eigenvalue weighted by Gasteiger charge is 2.19. The SMILES string of the molecule is CC(C)(C)c1nsc(NCc2csc(=O)[nH]2)n1. The maximum atomic E-state index is 10.9. The van der Waals surface area contributed by atoms with Crippen LogP contribution < -0.4 is 10.2 Å². The van der Waals surface area contributed by atoms with Crippen molar-refractivity contribution in [1.29, 1.82) is 0 Å². The van der Waals surface area contributed by atoms with Crippen LogP contribution >= 0.6 is 22.9 Å². The zero-order valence-electron chi connectivity index (χ0n) is 9.90. The van der Waals surface area contributed by atoms with E-state index in [2.05, 4.69) is 40.4 Å². The standard InChI is InChI=1S/C10H14N4OS2/c1-10(2,3)7-13-8(17-14-7)11-4-6-5-16-9(15)12-6/h5H,4H2,1-3H3,(H,12,15)(H,11,13,14). The number of H-pyrrole nitrogens is 1. The number of aromatic nitrogens is 3. The van der Waals surface area contributed by atoms with Crippen LogP contribution in [0.3, 0.4) is 0 Å². The number of aromatic amines is 1. The van der Waals surface area contributed by atoms with E-state index in [0.717, 1.165) is 16.6 Å². The third-order valence-corrected chi connectivity index (χ3v) is 3.49. The molecule has 0 aromatic carbocycles. The summed E-state index contributed by atoms with van der Waals surface area (Å²) in [5.74, 6) is 0.837. The average molecular weight is 270 g/mol. The summed E-state index contributed by atoms with van der Waals surface area (Å²) in [6.07, 6.45) is 0. The molecule has 0 saturated carbocycles. The van der Waals surface area contributed by atoms with Crippen molar-refractivity contribution >= 4 is 28.0 Å². The normalized spacial score (nSPS) is 11.7. The summed E-state index contributed by atoms with van der Waals surface area (Å²) < 4.78 is 4.30. The van der Waals surface area contributed by atoms with Crippen molar-refractivity contribution in [1.82, 2.24) is 14.3 Å². The fraction of sp³-hybridized carbons (Fsp3) is 0.500. The van der Waals surface area contributed by atoms with Crippen molar-refractivity contribution in [2.24, 2.45) is 0 Å². The summed E-state index contributed by atoms with van der Waals surface area (Å²) in [5, 5.41) is 5.73. The molecule has 7 heteroatoms. The molecule has 5 nitrogen and oxygen atoms in total. The fourth-order valence-corrected chi connectivity index (χ4v) is 2.50. The molecule has 0 aliphatic rings. The summed E-state index contributed by atoms with van der Waals surface area (Å²) in [4.78, 5) is 18.1. The second-order valence-electron chi connectivity index (χ2n) is 4.70. The molecule has 2 rings (SSSR count). The summed E-state index contributed by atoms with van der Waals surface area (Å²) in [6, 6.07) is 0. The molecule has 2 heterocycles. The third-order valence-electron chi connectivity index (χ3n) is 2.10. The number of hydrogen-bond acceptors (Lipinski definition) is 6. The molecule has 0 aliphatic heterocycles. The quantitative estimate of drug-likeness (QED) is 0.897. The van der Waals surface area contributed by atoms with E-state index in [1.54, 1.807) is 5.38 Å². The van der Waals surface area contributed by atoms with E-state index in [9.17, 15) is 4.79 Å². The van der Waals surface area contributed by atoms with Gasteiger partial charge in [-0.3, -0.25) is 4.79 Å². The van der Waals surface area contributed by atoms with Gasteiger partial charge in [0.05, 0.1) is 6.54 Å². The summed E-state index contributed by atoms with van der Waals surface area (Å²) >= 11 is 2.51. The molecule has 0 unspecified atom stereocenters. The number of anilines is 1. The predicted molar refractivity (Wildman–Crippen MR) is 70.9 cm³/mol. The number of nitrogens with zero attached hydrogens (tertiary/aromatic N) is 2. The molecule has 0 radical (unpaired) electrons. The fourth-order valence-electron chi connectivity index (χ4n) is 1.17. The first-order valence-electron chi connectivity index (χ1n) is 5.20. The molecule has 0 amide bonds. The van der Waals surface area contributed by atoms with Crippen LogP contribution in [0.15, 0.2) is 10.2 Å². The minimum absolute atomic E-state index is 0.0329. The second-order valence-corrected chi connectivity index (χ2v) is 6.29. The average Bonchev–Trinajstić information content (AvgIpc) is 2.82. The Kier molecular flexibility index (Phi) is 3.30. The minimum Gasteiger partial charge on any atom is -0.355 e. The Hall–Kier alpha value is -1.21. The van der Waals surface area contributed by atoms with Crippen molar-refractivity contribution in [2.75, 3.05) is 5.32 Å². The Morgan fingerprint density at radius 3 is 2.76 bits per heavy atom. The van der Waals surface area contributed by atoms with Gasteiger partial charge in [0.2, 0.25) is 5.13 Å². The first-order chi connectivity index (χ1) is 7.95. The van der Waals surface area contributed by atoms with Gasteiger partial charge in [-0.1, -0.05) is 32.1 Å². The first-order valence-corrected chi connectivity index (χ1v) is 6.85. The molecule has 0 atom stereocenters. The lowest BCUT2D eigenvalue weighted by Crippen LogP contribution is -2.13. The minimum atomic E-state index is -0.0346. The van der Waals surface area contributed by atoms with Crippen LogP contribution in [0.25, 0.3) is 0 Å². The Labute approximate surface area is 107 Å². The van der Waals surface area contributed by atoms with Crippen LogP contribution in [0, 0.1) is 0 Å². The largest absolute Gasteiger partial charge is 0.355 e. The monoisotopic (exact) mass is 270 g/mol. The molecule has 2 N–H and O–H groups in total. The van der Waals surface area contributed by atoms with Crippen LogP contribution in [0.4, 0.5) is 5.13 Å². The van der Waals surface area contributed by atoms with Gasteiger partial charge in [0.15, 0.2) is 0 Å². The van der Waals surface area contributed by atoms with Crippen molar-refractivity contribution in [3.63, 3.8) is 0 Å². The summed E-state index contributed by atoms with van der Waals surface area (Å²) in [5.41, 5.74) is 0.833. The molecular formula is C10H14N4OS2. The number of nitrogens with one attached hydrogen (secondary N) is 2. The molecule has 0 saturated heterocycles. The van der Waals surface area contributed by atoms with E-state index >= 15 is 0 Å². The lowest BCUT2D eigenvalue weighted by molar-refractivity contribution is 0.555. The van der Waals surface area contributed by atoms with Gasteiger partial charge in [-0.25, -0.2) is 4.98 Å². The molecule has 0 bridgehead atoms. The number of rotatable bonds is 3. The number of hydrogen-bond donors (Lipinski definition) is 2. The van der Waals surface area contributed by atoms with Crippen molar-refractivity contribution < 1.29 is 0 Å². The number of thiazole rings is 1. The lowest BCUT2D eigenvalue weighted by Gasteiger charge is -2.12. The van der Waals surface area contributed by atoms with Gasteiger partial charge in [0.25, 0.3) is 0 Å². The molecule has 92 valence electrons. The highest BCUT2D eigenvalue weighted by atomic mass is 32.1. The molecule has 2 aromatic heterocycles. The topological polar surface area (TPSA) is 70.7 Å². The van der Waals surface area contributed by atoms with Gasteiger partial charge in [-0.05, 0) is 0 Å². The van der Waals surface area contributed by atoms with Gasteiger partial charge in [-0.2, -0.15) is 4.37 Å². The van der Waals surface area contributed by atoms with Crippen LogP contribution in [0.2, 0.25) is 0 Å². The van der Waals surface area contributed by atoms with Gasteiger partial charge < -0.3 is 10.3 Å². The van der Waals surface area contributed by atoms with Crippen molar-refractivity contribution in [3.8, 4) is 0 Å². The lowest BCUT2D eigenvalue weighted by atomic mass is 9.96. The van der Waals surface area contributed by atoms with Crippen LogP contribution in [0.1, 0.15) is 32.3 Å². The molecule has 17 heavy (non-hydrogen) atoms. The highest BCUT2D eigenvalue weighted by Crippen LogP contribution is 2.23. The Balaban J connectivity index is 2.00. The first kappa shape index (κ1) is 12.3. The maximum Gasteiger partial charge on any atom is 0.304 e. The molecule has 0 spiro atoms. The molecule has 2 aromatic rings. The van der Waals surface area contributed by atoms with E-state index in [1.807, 2.05) is 0 Å². The Bertz CT molecular complexity index is 549. The second kappa shape index (κ2) is 4.58.